The Morgan fingerprint density at radius 3 is 2.35 bits per heavy atom. The van der Waals surface area contributed by atoms with Crippen LogP contribution in [0.5, 0.6) is 11.5 Å². The van der Waals surface area contributed by atoms with Crippen LogP contribution in [0.3, 0.4) is 0 Å². The van der Waals surface area contributed by atoms with Crippen molar-refractivity contribution >= 4 is 11.8 Å². The predicted molar refractivity (Wildman–Crippen MR) is 136 cm³/mol. The number of hydrogen-bond donors (Lipinski definition) is 0. The molecule has 0 unspecified atom stereocenters. The molecule has 37 heavy (non-hydrogen) atoms. The minimum absolute atomic E-state index is 0.0208. The number of carbonyl (C=O) groups is 2. The summed E-state index contributed by atoms with van der Waals surface area (Å²) in [5.41, 5.74) is 3.48. The van der Waals surface area contributed by atoms with Gasteiger partial charge in [-0.2, -0.15) is 0 Å². The third kappa shape index (κ3) is 4.07. The Labute approximate surface area is 217 Å². The second-order valence-electron chi connectivity index (χ2n) is 10.1. The molecule has 4 aliphatic heterocycles. The molecule has 4 heterocycles. The van der Waals surface area contributed by atoms with Gasteiger partial charge in [-0.05, 0) is 55.2 Å². The van der Waals surface area contributed by atoms with Crippen molar-refractivity contribution in [2.75, 3.05) is 46.1 Å². The summed E-state index contributed by atoms with van der Waals surface area (Å²) in [5, 5.41) is 0. The standard InChI is InChI=1S/C29H34N2O6/c1-3-34-23-17-19-9-12-31-26(22(19)18-24(23)35-4-2)25(20-7-5-6-8-21(20)27(31)32)28(33)30-13-10-29(11-14-30)36-15-16-37-29/h5-8,17-18,25-26H,3-4,9-16H2,1-2H3/t25-,26-/m0/s1. The molecule has 1 spiro atoms. The number of piperidine rings is 1. The fourth-order valence-electron chi connectivity index (χ4n) is 6.39. The third-order valence-corrected chi connectivity index (χ3v) is 8.10. The molecule has 0 N–H and O–H groups in total. The van der Waals surface area contributed by atoms with Gasteiger partial charge in [-0.1, -0.05) is 18.2 Å². The van der Waals surface area contributed by atoms with Gasteiger partial charge in [-0.15, -0.1) is 0 Å². The first-order valence-electron chi connectivity index (χ1n) is 13.4. The van der Waals surface area contributed by atoms with Gasteiger partial charge in [0.25, 0.3) is 5.91 Å². The maximum Gasteiger partial charge on any atom is 0.254 e. The van der Waals surface area contributed by atoms with Crippen LogP contribution in [0.4, 0.5) is 0 Å². The molecule has 0 radical (unpaired) electrons. The molecule has 2 fully saturated rings. The van der Waals surface area contributed by atoms with Crippen molar-refractivity contribution in [1.82, 2.24) is 9.80 Å². The Kier molecular flexibility index (Phi) is 6.32. The van der Waals surface area contributed by atoms with Gasteiger partial charge in [0.2, 0.25) is 5.91 Å². The summed E-state index contributed by atoms with van der Waals surface area (Å²) >= 11 is 0. The van der Waals surface area contributed by atoms with Gasteiger partial charge in [0.15, 0.2) is 17.3 Å². The first kappa shape index (κ1) is 24.2. The Hall–Kier alpha value is -3.10. The fourth-order valence-corrected chi connectivity index (χ4v) is 6.39. The van der Waals surface area contributed by atoms with Crippen molar-refractivity contribution in [1.29, 1.82) is 0 Å². The van der Waals surface area contributed by atoms with E-state index in [9.17, 15) is 9.59 Å². The smallest absolute Gasteiger partial charge is 0.254 e. The number of fused-ring (bicyclic) bond motifs is 4. The van der Waals surface area contributed by atoms with E-state index in [1.165, 1.54) is 0 Å². The van der Waals surface area contributed by atoms with Crippen LogP contribution < -0.4 is 9.47 Å². The number of nitrogens with zero attached hydrogens (tertiary/aromatic N) is 2. The minimum Gasteiger partial charge on any atom is -0.490 e. The summed E-state index contributed by atoms with van der Waals surface area (Å²) in [6.07, 6.45) is 2.01. The molecule has 2 saturated heterocycles. The Balaban J connectivity index is 1.41. The third-order valence-electron chi connectivity index (χ3n) is 8.10. The normalized spacial score (nSPS) is 23.9. The zero-order valence-corrected chi connectivity index (χ0v) is 21.5. The van der Waals surface area contributed by atoms with Gasteiger partial charge in [0.05, 0.1) is 38.4 Å². The number of likely N-dealkylation sites (tertiary alicyclic amines) is 1. The maximum atomic E-state index is 14.3. The number of benzene rings is 2. The van der Waals surface area contributed by atoms with Gasteiger partial charge in [-0.25, -0.2) is 0 Å². The summed E-state index contributed by atoms with van der Waals surface area (Å²) in [6.45, 7) is 7.82. The number of hydrogen-bond acceptors (Lipinski definition) is 6. The summed E-state index contributed by atoms with van der Waals surface area (Å²) in [5.74, 6) is 0.329. The van der Waals surface area contributed by atoms with Crippen LogP contribution in [0.2, 0.25) is 0 Å². The topological polar surface area (TPSA) is 77.5 Å². The molecule has 0 aromatic heterocycles. The first-order valence-corrected chi connectivity index (χ1v) is 13.4. The quantitative estimate of drug-likeness (QED) is 0.616. The van der Waals surface area contributed by atoms with E-state index in [0.29, 0.717) is 82.4 Å². The van der Waals surface area contributed by atoms with Crippen LogP contribution in [0.25, 0.3) is 0 Å². The molecule has 0 saturated carbocycles. The largest absolute Gasteiger partial charge is 0.490 e. The zero-order valence-electron chi connectivity index (χ0n) is 21.5. The van der Waals surface area contributed by atoms with Crippen molar-refractivity contribution in [3.63, 3.8) is 0 Å². The van der Waals surface area contributed by atoms with Crippen molar-refractivity contribution in [2.45, 2.75) is 50.9 Å². The molecule has 8 heteroatoms. The first-order chi connectivity index (χ1) is 18.0. The molecule has 0 aliphatic carbocycles. The molecular formula is C29H34N2O6. The van der Waals surface area contributed by atoms with E-state index in [-0.39, 0.29) is 11.8 Å². The number of amides is 2. The van der Waals surface area contributed by atoms with Crippen LogP contribution in [-0.4, -0.2) is 73.5 Å². The van der Waals surface area contributed by atoms with Crippen LogP contribution in [-0.2, 0) is 20.7 Å². The van der Waals surface area contributed by atoms with Crippen LogP contribution in [0.1, 0.15) is 65.7 Å². The lowest BCUT2D eigenvalue weighted by Gasteiger charge is -2.47. The van der Waals surface area contributed by atoms with E-state index in [4.69, 9.17) is 18.9 Å². The highest BCUT2D eigenvalue weighted by atomic mass is 16.7. The second kappa shape index (κ2) is 9.65. The van der Waals surface area contributed by atoms with Crippen LogP contribution in [0, 0.1) is 0 Å². The minimum atomic E-state index is -0.553. The molecule has 4 aliphatic rings. The molecule has 2 atom stereocenters. The molecular weight excluding hydrogens is 472 g/mol. The zero-order chi connectivity index (χ0) is 25.6. The highest BCUT2D eigenvalue weighted by molar-refractivity contribution is 6.01. The average molecular weight is 507 g/mol. The Morgan fingerprint density at radius 1 is 0.973 bits per heavy atom. The van der Waals surface area contributed by atoms with Crippen LogP contribution in [0.15, 0.2) is 36.4 Å². The van der Waals surface area contributed by atoms with E-state index in [2.05, 4.69) is 0 Å². The highest BCUT2D eigenvalue weighted by Crippen LogP contribution is 2.49. The number of ether oxygens (including phenoxy) is 4. The van der Waals surface area contributed by atoms with Gasteiger partial charge in [-0.3, -0.25) is 9.59 Å². The van der Waals surface area contributed by atoms with Crippen LogP contribution >= 0.6 is 0 Å². The molecule has 2 aromatic carbocycles. The number of carbonyl (C=O) groups excluding carboxylic acids is 2. The molecule has 0 bridgehead atoms. The Morgan fingerprint density at radius 2 is 1.65 bits per heavy atom. The maximum absolute atomic E-state index is 14.3. The average Bonchev–Trinajstić information content (AvgIpc) is 3.37. The predicted octanol–water partition coefficient (Wildman–Crippen LogP) is 3.69. The molecule has 196 valence electrons. The van der Waals surface area contributed by atoms with E-state index in [1.54, 1.807) is 0 Å². The number of rotatable bonds is 5. The molecule has 2 amide bonds. The lowest BCUT2D eigenvalue weighted by Crippen LogP contribution is -2.53. The van der Waals surface area contributed by atoms with E-state index in [1.807, 2.05) is 60.0 Å². The van der Waals surface area contributed by atoms with Crippen molar-refractivity contribution in [3.05, 3.63) is 58.7 Å². The monoisotopic (exact) mass is 506 g/mol. The molecule has 2 aromatic rings. The molecule has 8 nitrogen and oxygen atoms in total. The van der Waals surface area contributed by atoms with Crippen molar-refractivity contribution in [2.24, 2.45) is 0 Å². The fraction of sp³-hybridized carbons (Fsp3) is 0.517. The lowest BCUT2D eigenvalue weighted by molar-refractivity contribution is -0.188. The summed E-state index contributed by atoms with van der Waals surface area (Å²) in [4.78, 5) is 31.8. The summed E-state index contributed by atoms with van der Waals surface area (Å²) < 4.78 is 23.6. The molecule has 6 rings (SSSR count). The Bertz CT molecular complexity index is 1200. The van der Waals surface area contributed by atoms with E-state index in [0.717, 1.165) is 16.7 Å². The van der Waals surface area contributed by atoms with Gasteiger partial charge >= 0.3 is 0 Å². The SMILES string of the molecule is CCOc1cc2c(cc1OCC)[C@H]1[C@@H](C(=O)N3CCC4(CC3)OCCO4)c3ccccc3C(=O)N1CC2. The second-order valence-corrected chi connectivity index (χ2v) is 10.1. The van der Waals surface area contributed by atoms with Gasteiger partial charge in [0, 0.05) is 38.0 Å². The van der Waals surface area contributed by atoms with Crippen molar-refractivity contribution < 1.29 is 28.5 Å². The summed E-state index contributed by atoms with van der Waals surface area (Å²) in [7, 11) is 0. The highest BCUT2D eigenvalue weighted by Gasteiger charge is 2.49. The lowest BCUT2D eigenvalue weighted by atomic mass is 9.75. The van der Waals surface area contributed by atoms with Crippen molar-refractivity contribution in [3.8, 4) is 11.5 Å². The van der Waals surface area contributed by atoms with Gasteiger partial charge < -0.3 is 28.7 Å². The summed E-state index contributed by atoms with van der Waals surface area (Å²) in [6, 6.07) is 11.2. The van der Waals surface area contributed by atoms with Gasteiger partial charge in [0.1, 0.15) is 0 Å². The van der Waals surface area contributed by atoms with E-state index >= 15 is 0 Å². The van der Waals surface area contributed by atoms with E-state index < -0.39 is 17.7 Å².